The summed E-state index contributed by atoms with van der Waals surface area (Å²) in [4.78, 5) is 0. The largest absolute Gasteiger partial charge is 0.396 e. The minimum absolute atomic E-state index is 0.133. The van der Waals surface area contributed by atoms with E-state index in [1.165, 1.54) is 19.3 Å². The highest BCUT2D eigenvalue weighted by atomic mass is 16.5. The Kier molecular flexibility index (Phi) is 1.77. The van der Waals surface area contributed by atoms with Crippen molar-refractivity contribution in [2.24, 2.45) is 17.3 Å². The first kappa shape index (κ1) is 9.13. The quantitative estimate of drug-likeness (QED) is 0.681. The maximum atomic E-state index is 10.4. The molecule has 3 aliphatic rings. The third kappa shape index (κ3) is 0.884. The van der Waals surface area contributed by atoms with Crippen LogP contribution in [0, 0.1) is 17.3 Å². The van der Waals surface area contributed by atoms with Crippen molar-refractivity contribution in [2.75, 3.05) is 19.8 Å². The number of hydrogen-bond donors (Lipinski definition) is 2. The SMILES string of the molecule is OCC1(C2(O)COC2)CC2CCC1C2. The Balaban J connectivity index is 1.91. The molecule has 0 aromatic carbocycles. The van der Waals surface area contributed by atoms with Crippen LogP contribution in [0.2, 0.25) is 0 Å². The lowest BCUT2D eigenvalue weighted by Gasteiger charge is -2.53. The van der Waals surface area contributed by atoms with Crippen molar-refractivity contribution >= 4 is 0 Å². The summed E-state index contributed by atoms with van der Waals surface area (Å²) < 4.78 is 5.12. The van der Waals surface area contributed by atoms with Gasteiger partial charge in [-0.25, -0.2) is 0 Å². The second-order valence-electron chi connectivity index (χ2n) is 5.42. The van der Waals surface area contributed by atoms with Gasteiger partial charge in [0, 0.05) is 5.41 Å². The Bertz CT molecular complexity index is 249. The maximum absolute atomic E-state index is 10.4. The molecule has 2 bridgehead atoms. The first-order chi connectivity index (χ1) is 6.70. The van der Waals surface area contributed by atoms with Crippen LogP contribution >= 0.6 is 0 Å². The molecule has 3 fully saturated rings. The molecule has 0 aromatic heterocycles. The van der Waals surface area contributed by atoms with Gasteiger partial charge in [-0.3, -0.25) is 0 Å². The Hall–Kier alpha value is -0.120. The summed E-state index contributed by atoms with van der Waals surface area (Å²) in [5, 5.41) is 20.0. The standard InChI is InChI=1S/C11H18O3/c12-5-10(11(13)6-14-7-11)4-8-1-2-9(10)3-8/h8-9,12-13H,1-7H2. The van der Waals surface area contributed by atoms with Crippen LogP contribution in [0.15, 0.2) is 0 Å². The number of aliphatic hydroxyl groups is 2. The third-order valence-corrected chi connectivity index (χ3v) is 4.87. The van der Waals surface area contributed by atoms with E-state index < -0.39 is 5.60 Å². The smallest absolute Gasteiger partial charge is 0.119 e. The van der Waals surface area contributed by atoms with Crippen LogP contribution < -0.4 is 0 Å². The van der Waals surface area contributed by atoms with Crippen molar-refractivity contribution in [1.82, 2.24) is 0 Å². The lowest BCUT2D eigenvalue weighted by Crippen LogP contribution is -2.65. The van der Waals surface area contributed by atoms with Crippen LogP contribution in [0.4, 0.5) is 0 Å². The van der Waals surface area contributed by atoms with Gasteiger partial charge in [0.25, 0.3) is 0 Å². The zero-order chi connectivity index (χ0) is 9.81. The second kappa shape index (κ2) is 2.71. The molecular weight excluding hydrogens is 180 g/mol. The van der Waals surface area contributed by atoms with Gasteiger partial charge < -0.3 is 14.9 Å². The van der Waals surface area contributed by atoms with Crippen LogP contribution in [-0.4, -0.2) is 35.6 Å². The molecule has 1 aliphatic heterocycles. The highest BCUT2D eigenvalue weighted by molar-refractivity contribution is 5.12. The zero-order valence-corrected chi connectivity index (χ0v) is 8.41. The number of ether oxygens (including phenoxy) is 1. The maximum Gasteiger partial charge on any atom is 0.119 e. The predicted octanol–water partition coefficient (Wildman–Crippen LogP) is 0.546. The van der Waals surface area contributed by atoms with Crippen LogP contribution in [0.1, 0.15) is 25.7 Å². The lowest BCUT2D eigenvalue weighted by atomic mass is 9.62. The average Bonchev–Trinajstić information content (AvgIpc) is 2.73. The lowest BCUT2D eigenvalue weighted by molar-refractivity contribution is -0.262. The molecule has 0 radical (unpaired) electrons. The predicted molar refractivity (Wildman–Crippen MR) is 50.7 cm³/mol. The molecule has 3 rings (SSSR count). The molecule has 3 atom stereocenters. The fourth-order valence-electron chi connectivity index (χ4n) is 3.94. The Morgan fingerprint density at radius 1 is 1.29 bits per heavy atom. The molecule has 2 saturated carbocycles. The fourth-order valence-corrected chi connectivity index (χ4v) is 3.94. The molecule has 0 aromatic rings. The molecule has 14 heavy (non-hydrogen) atoms. The molecule has 1 heterocycles. The zero-order valence-electron chi connectivity index (χ0n) is 8.41. The van der Waals surface area contributed by atoms with Gasteiger partial charge in [0.1, 0.15) is 5.60 Å². The van der Waals surface area contributed by atoms with Gasteiger partial charge in [-0.1, -0.05) is 6.42 Å². The van der Waals surface area contributed by atoms with Crippen molar-refractivity contribution in [3.63, 3.8) is 0 Å². The summed E-state index contributed by atoms with van der Waals surface area (Å²) in [6.07, 6.45) is 4.70. The molecular formula is C11H18O3. The summed E-state index contributed by atoms with van der Waals surface area (Å²) in [6.45, 7) is 0.988. The second-order valence-corrected chi connectivity index (χ2v) is 5.42. The first-order valence-corrected chi connectivity index (χ1v) is 5.61. The highest BCUT2D eigenvalue weighted by Crippen LogP contribution is 2.61. The van der Waals surface area contributed by atoms with Crippen molar-refractivity contribution in [1.29, 1.82) is 0 Å². The first-order valence-electron chi connectivity index (χ1n) is 5.61. The summed E-state index contributed by atoms with van der Waals surface area (Å²) in [6, 6.07) is 0. The van der Waals surface area contributed by atoms with Crippen LogP contribution in [0.25, 0.3) is 0 Å². The third-order valence-electron chi connectivity index (χ3n) is 4.87. The molecule has 3 unspecified atom stereocenters. The Labute approximate surface area is 84.1 Å². The number of hydrogen-bond acceptors (Lipinski definition) is 3. The van der Waals surface area contributed by atoms with Gasteiger partial charge in [0.15, 0.2) is 0 Å². The van der Waals surface area contributed by atoms with Gasteiger partial charge in [0.2, 0.25) is 0 Å². The van der Waals surface area contributed by atoms with Gasteiger partial charge in [-0.05, 0) is 31.1 Å². The summed E-state index contributed by atoms with van der Waals surface area (Å²) in [7, 11) is 0. The van der Waals surface area contributed by atoms with Gasteiger partial charge >= 0.3 is 0 Å². The topological polar surface area (TPSA) is 49.7 Å². The van der Waals surface area contributed by atoms with E-state index in [0.29, 0.717) is 19.1 Å². The van der Waals surface area contributed by atoms with E-state index >= 15 is 0 Å². The van der Waals surface area contributed by atoms with Gasteiger partial charge in [-0.2, -0.15) is 0 Å². The van der Waals surface area contributed by atoms with Crippen LogP contribution in [0.5, 0.6) is 0 Å². The number of rotatable bonds is 2. The summed E-state index contributed by atoms with van der Waals surface area (Å²) in [5.74, 6) is 1.28. The van der Waals surface area contributed by atoms with E-state index in [0.717, 1.165) is 12.3 Å². The molecule has 1 saturated heterocycles. The molecule has 0 amide bonds. The number of aliphatic hydroxyl groups excluding tert-OH is 1. The van der Waals surface area contributed by atoms with Crippen LogP contribution in [-0.2, 0) is 4.74 Å². The van der Waals surface area contributed by atoms with E-state index in [-0.39, 0.29) is 12.0 Å². The van der Waals surface area contributed by atoms with Crippen molar-refractivity contribution in [3.05, 3.63) is 0 Å². The van der Waals surface area contributed by atoms with Crippen LogP contribution in [0.3, 0.4) is 0 Å². The monoisotopic (exact) mass is 198 g/mol. The van der Waals surface area contributed by atoms with Crippen molar-refractivity contribution in [3.8, 4) is 0 Å². The van der Waals surface area contributed by atoms with E-state index in [1.54, 1.807) is 0 Å². The molecule has 0 spiro atoms. The minimum Gasteiger partial charge on any atom is -0.396 e. The van der Waals surface area contributed by atoms with E-state index in [4.69, 9.17) is 4.74 Å². The fraction of sp³-hybridized carbons (Fsp3) is 1.00. The van der Waals surface area contributed by atoms with E-state index in [2.05, 4.69) is 0 Å². The molecule has 80 valence electrons. The molecule has 2 N–H and O–H groups in total. The van der Waals surface area contributed by atoms with E-state index in [9.17, 15) is 10.2 Å². The summed E-state index contributed by atoms with van der Waals surface area (Å²) in [5.41, 5.74) is -0.949. The Morgan fingerprint density at radius 2 is 2.07 bits per heavy atom. The molecule has 3 nitrogen and oxygen atoms in total. The molecule has 3 heteroatoms. The molecule has 2 aliphatic carbocycles. The van der Waals surface area contributed by atoms with Gasteiger partial charge in [0.05, 0.1) is 19.8 Å². The Morgan fingerprint density at radius 3 is 2.43 bits per heavy atom. The minimum atomic E-state index is -0.721. The summed E-state index contributed by atoms with van der Waals surface area (Å²) >= 11 is 0. The average molecular weight is 198 g/mol. The number of fused-ring (bicyclic) bond motifs is 2. The highest BCUT2D eigenvalue weighted by Gasteiger charge is 2.63. The van der Waals surface area contributed by atoms with Gasteiger partial charge in [-0.15, -0.1) is 0 Å². The normalized spacial score (nSPS) is 49.3. The van der Waals surface area contributed by atoms with E-state index in [1.807, 2.05) is 0 Å². The van der Waals surface area contributed by atoms with Crippen molar-refractivity contribution < 1.29 is 14.9 Å². The van der Waals surface area contributed by atoms with Crippen molar-refractivity contribution in [2.45, 2.75) is 31.3 Å².